The summed E-state index contributed by atoms with van der Waals surface area (Å²) in [7, 11) is 1.61. The molecule has 0 unspecified atom stereocenters. The minimum Gasteiger partial charge on any atom is -0.359 e. The second-order valence-electron chi connectivity index (χ2n) is 5.79. The molecule has 3 amide bonds. The summed E-state index contributed by atoms with van der Waals surface area (Å²) in [6.45, 7) is 0. The smallest absolute Gasteiger partial charge is 0.319 e. The van der Waals surface area contributed by atoms with Crippen LogP contribution in [0.15, 0.2) is 24.3 Å². The Balaban J connectivity index is 1.94. The number of amides is 3. The predicted octanol–water partition coefficient (Wildman–Crippen LogP) is 2.82. The van der Waals surface area contributed by atoms with Crippen molar-refractivity contribution in [3.63, 3.8) is 0 Å². The molecule has 2 rings (SSSR count). The summed E-state index contributed by atoms with van der Waals surface area (Å²) in [5, 5.41) is 8.53. The van der Waals surface area contributed by atoms with Gasteiger partial charge in [0.15, 0.2) is 0 Å². The van der Waals surface area contributed by atoms with Gasteiger partial charge in [-0.25, -0.2) is 4.79 Å². The molecule has 1 aliphatic carbocycles. The Bertz CT molecular complexity index is 508. The Labute approximate surface area is 131 Å². The molecule has 0 bridgehead atoms. The number of hydrogen-bond donors (Lipinski definition) is 3. The van der Waals surface area contributed by atoms with Crippen molar-refractivity contribution >= 4 is 17.6 Å². The number of rotatable bonds is 4. The van der Waals surface area contributed by atoms with E-state index in [1.807, 2.05) is 24.3 Å². The maximum atomic E-state index is 12.2. The minimum atomic E-state index is -0.184. The van der Waals surface area contributed by atoms with Crippen molar-refractivity contribution in [2.24, 2.45) is 0 Å². The van der Waals surface area contributed by atoms with Crippen LogP contribution in [0.3, 0.4) is 0 Å². The van der Waals surface area contributed by atoms with Crippen molar-refractivity contribution < 1.29 is 9.59 Å². The van der Waals surface area contributed by atoms with Gasteiger partial charge in [0, 0.05) is 18.8 Å². The topological polar surface area (TPSA) is 70.2 Å². The van der Waals surface area contributed by atoms with Crippen molar-refractivity contribution in [3.8, 4) is 0 Å². The van der Waals surface area contributed by atoms with Crippen LogP contribution in [0.25, 0.3) is 0 Å². The van der Waals surface area contributed by atoms with E-state index in [9.17, 15) is 9.59 Å². The van der Waals surface area contributed by atoms with Gasteiger partial charge in [-0.3, -0.25) is 4.79 Å². The largest absolute Gasteiger partial charge is 0.359 e. The molecule has 120 valence electrons. The number of likely N-dealkylation sites (N-methyl/N-ethyl adjacent to an activating group) is 1. The normalized spacial score (nSPS) is 15.7. The van der Waals surface area contributed by atoms with E-state index in [1.54, 1.807) is 7.05 Å². The average Bonchev–Trinajstić information content (AvgIpc) is 2.77. The lowest BCUT2D eigenvalue weighted by molar-refractivity contribution is -0.119. The SMILES string of the molecule is CNC(=O)Cc1ccccc1NC(=O)NC1CCCCCC1. The second-order valence-corrected chi connectivity index (χ2v) is 5.79. The molecule has 1 aliphatic rings. The third-order valence-corrected chi connectivity index (χ3v) is 4.09. The molecule has 1 aromatic carbocycles. The van der Waals surface area contributed by atoms with Gasteiger partial charge in [0.05, 0.1) is 6.42 Å². The van der Waals surface area contributed by atoms with Gasteiger partial charge < -0.3 is 16.0 Å². The van der Waals surface area contributed by atoms with Crippen molar-refractivity contribution in [1.29, 1.82) is 0 Å². The Morgan fingerprint density at radius 1 is 1.09 bits per heavy atom. The molecule has 22 heavy (non-hydrogen) atoms. The van der Waals surface area contributed by atoms with Gasteiger partial charge in [-0.1, -0.05) is 43.9 Å². The Hall–Kier alpha value is -2.04. The first-order valence-electron chi connectivity index (χ1n) is 8.05. The molecule has 1 fully saturated rings. The molecular weight excluding hydrogens is 278 g/mol. The van der Waals surface area contributed by atoms with Crippen molar-refractivity contribution in [2.75, 3.05) is 12.4 Å². The van der Waals surface area contributed by atoms with Crippen LogP contribution in [0.1, 0.15) is 44.1 Å². The van der Waals surface area contributed by atoms with Gasteiger partial charge in [-0.15, -0.1) is 0 Å². The van der Waals surface area contributed by atoms with E-state index in [-0.39, 0.29) is 24.4 Å². The van der Waals surface area contributed by atoms with E-state index in [0.29, 0.717) is 5.69 Å². The maximum Gasteiger partial charge on any atom is 0.319 e. The lowest BCUT2D eigenvalue weighted by Gasteiger charge is -2.18. The Kier molecular flexibility index (Phi) is 6.25. The molecule has 1 aromatic rings. The minimum absolute atomic E-state index is 0.0709. The van der Waals surface area contributed by atoms with Crippen LogP contribution in [0.5, 0.6) is 0 Å². The first-order valence-corrected chi connectivity index (χ1v) is 8.05. The maximum absolute atomic E-state index is 12.2. The highest BCUT2D eigenvalue weighted by Crippen LogP contribution is 2.18. The third kappa shape index (κ3) is 5.06. The quantitative estimate of drug-likeness (QED) is 0.749. The zero-order valence-corrected chi connectivity index (χ0v) is 13.2. The molecule has 0 heterocycles. The van der Waals surface area contributed by atoms with Crippen LogP contribution in [-0.2, 0) is 11.2 Å². The molecular formula is C17H25N3O2. The molecule has 0 saturated heterocycles. The van der Waals surface area contributed by atoms with Crippen LogP contribution in [0, 0.1) is 0 Å². The Morgan fingerprint density at radius 2 is 1.77 bits per heavy atom. The number of anilines is 1. The van der Waals surface area contributed by atoms with Crippen molar-refractivity contribution in [3.05, 3.63) is 29.8 Å². The first kappa shape index (κ1) is 16.3. The molecule has 0 aromatic heterocycles. The number of hydrogen-bond acceptors (Lipinski definition) is 2. The highest BCUT2D eigenvalue weighted by Gasteiger charge is 2.15. The second kappa shape index (κ2) is 8.41. The van der Waals surface area contributed by atoms with Gasteiger partial charge >= 0.3 is 6.03 Å². The zero-order chi connectivity index (χ0) is 15.8. The van der Waals surface area contributed by atoms with E-state index in [1.165, 1.54) is 25.7 Å². The lowest BCUT2D eigenvalue weighted by atomic mass is 10.1. The molecule has 5 nitrogen and oxygen atoms in total. The predicted molar refractivity (Wildman–Crippen MR) is 87.9 cm³/mol. The molecule has 0 aliphatic heterocycles. The highest BCUT2D eigenvalue weighted by molar-refractivity contribution is 5.91. The number of para-hydroxylation sites is 1. The zero-order valence-electron chi connectivity index (χ0n) is 13.2. The van der Waals surface area contributed by atoms with E-state index in [4.69, 9.17) is 0 Å². The highest BCUT2D eigenvalue weighted by atomic mass is 16.2. The van der Waals surface area contributed by atoms with E-state index in [2.05, 4.69) is 16.0 Å². The van der Waals surface area contributed by atoms with Crippen LogP contribution < -0.4 is 16.0 Å². The summed E-state index contributed by atoms with van der Waals surface area (Å²) < 4.78 is 0. The Morgan fingerprint density at radius 3 is 2.45 bits per heavy atom. The van der Waals surface area contributed by atoms with Crippen LogP contribution in [-0.4, -0.2) is 25.0 Å². The summed E-state index contributed by atoms with van der Waals surface area (Å²) in [5.74, 6) is -0.0709. The number of nitrogens with one attached hydrogen (secondary N) is 3. The molecule has 5 heteroatoms. The number of benzene rings is 1. The van der Waals surface area contributed by atoms with Gasteiger partial charge in [0.2, 0.25) is 5.91 Å². The standard InChI is InChI=1S/C17H25N3O2/c1-18-16(21)12-13-8-6-7-11-15(13)20-17(22)19-14-9-4-2-3-5-10-14/h6-8,11,14H,2-5,9-10,12H2,1H3,(H,18,21)(H2,19,20,22). The van der Waals surface area contributed by atoms with Crippen molar-refractivity contribution in [2.45, 2.75) is 51.0 Å². The fourth-order valence-corrected chi connectivity index (χ4v) is 2.83. The average molecular weight is 303 g/mol. The summed E-state index contributed by atoms with van der Waals surface area (Å²) in [6.07, 6.45) is 7.23. The number of carbonyl (C=O) groups is 2. The van der Waals surface area contributed by atoms with Gasteiger partial charge in [-0.05, 0) is 24.5 Å². The van der Waals surface area contributed by atoms with Crippen LogP contribution >= 0.6 is 0 Å². The van der Waals surface area contributed by atoms with Crippen LogP contribution in [0.4, 0.5) is 10.5 Å². The summed E-state index contributed by atoms with van der Waals surface area (Å²) in [5.41, 5.74) is 1.51. The molecule has 0 radical (unpaired) electrons. The van der Waals surface area contributed by atoms with E-state index in [0.717, 1.165) is 18.4 Å². The fraction of sp³-hybridized carbons (Fsp3) is 0.529. The van der Waals surface area contributed by atoms with E-state index < -0.39 is 0 Å². The molecule has 3 N–H and O–H groups in total. The molecule has 0 atom stereocenters. The van der Waals surface area contributed by atoms with E-state index >= 15 is 0 Å². The number of urea groups is 1. The van der Waals surface area contributed by atoms with Gasteiger partial charge in [0.25, 0.3) is 0 Å². The lowest BCUT2D eigenvalue weighted by Crippen LogP contribution is -2.37. The first-order chi connectivity index (χ1) is 10.7. The van der Waals surface area contributed by atoms with Gasteiger partial charge in [-0.2, -0.15) is 0 Å². The van der Waals surface area contributed by atoms with Gasteiger partial charge in [0.1, 0.15) is 0 Å². The van der Waals surface area contributed by atoms with Crippen molar-refractivity contribution in [1.82, 2.24) is 10.6 Å². The molecule has 0 spiro atoms. The third-order valence-electron chi connectivity index (χ3n) is 4.09. The fourth-order valence-electron chi connectivity index (χ4n) is 2.83. The van der Waals surface area contributed by atoms with Crippen LogP contribution in [0.2, 0.25) is 0 Å². The number of carbonyl (C=O) groups excluding carboxylic acids is 2. The molecule has 1 saturated carbocycles. The summed E-state index contributed by atoms with van der Waals surface area (Å²) in [4.78, 5) is 23.7. The summed E-state index contributed by atoms with van der Waals surface area (Å²) in [6, 6.07) is 7.48. The monoisotopic (exact) mass is 303 g/mol. The summed E-state index contributed by atoms with van der Waals surface area (Å²) >= 11 is 0.